The molecule has 0 bridgehead atoms. The van der Waals surface area contributed by atoms with Crippen LogP contribution in [0.15, 0.2) is 66.7 Å². The minimum atomic E-state index is -2.25. The number of ketones is 1. The summed E-state index contributed by atoms with van der Waals surface area (Å²) in [7, 11) is 0. The van der Waals surface area contributed by atoms with Crippen molar-refractivity contribution in [2.24, 2.45) is 0 Å². The van der Waals surface area contributed by atoms with E-state index >= 15 is 0 Å². The highest BCUT2D eigenvalue weighted by molar-refractivity contribution is 6.08. The fraction of sp³-hybridized carbons (Fsp3) is 0.190. The first-order valence-electron chi connectivity index (χ1n) is 18.5. The van der Waals surface area contributed by atoms with E-state index in [9.17, 15) is 75.3 Å². The van der Waals surface area contributed by atoms with Gasteiger partial charge in [-0.3, -0.25) is 4.79 Å². The monoisotopic (exact) mass is 872 g/mol. The quantitative estimate of drug-likeness (QED) is 0.0686. The molecule has 326 valence electrons. The number of phenolic OH excluding ortho intramolecular Hbond substituents is 10. The number of fused-ring (bicyclic) bond motifs is 5. The van der Waals surface area contributed by atoms with Crippen molar-refractivity contribution < 1.29 is 104 Å². The number of cyclic esters (lactones) is 1. The first-order valence-corrected chi connectivity index (χ1v) is 18.5. The lowest BCUT2D eigenvalue weighted by molar-refractivity contribution is -0.276. The summed E-state index contributed by atoms with van der Waals surface area (Å²) in [5, 5.41) is 117. The Hall–Kier alpha value is -8.30. The summed E-state index contributed by atoms with van der Waals surface area (Å²) in [4.78, 5) is 54.8. The van der Waals surface area contributed by atoms with Crippen molar-refractivity contribution >= 4 is 23.7 Å². The number of benzene rings is 5. The number of carbonyl (C=O) groups excluding carboxylic acids is 4. The zero-order chi connectivity index (χ0) is 45.2. The Labute approximate surface area is 351 Å². The molecule has 5 aromatic rings. The first kappa shape index (κ1) is 41.4. The Morgan fingerprint density at radius 1 is 0.635 bits per heavy atom. The lowest BCUT2D eigenvalue weighted by atomic mass is 9.92. The van der Waals surface area contributed by atoms with Crippen LogP contribution in [-0.4, -0.2) is 117 Å². The van der Waals surface area contributed by atoms with E-state index in [0.717, 1.165) is 6.07 Å². The zero-order valence-electron chi connectivity index (χ0n) is 31.7. The third kappa shape index (κ3) is 7.25. The predicted molar refractivity (Wildman–Crippen MR) is 204 cm³/mol. The van der Waals surface area contributed by atoms with Gasteiger partial charge in [-0.15, -0.1) is 0 Å². The van der Waals surface area contributed by atoms with Crippen LogP contribution in [0.1, 0.15) is 59.5 Å². The van der Waals surface area contributed by atoms with Gasteiger partial charge in [0.25, 0.3) is 0 Å². The summed E-state index contributed by atoms with van der Waals surface area (Å²) in [5.74, 6) is -16.5. The van der Waals surface area contributed by atoms with Gasteiger partial charge in [-0.25, -0.2) is 14.4 Å². The molecular formula is C42H32O21. The lowest BCUT2D eigenvalue weighted by Gasteiger charge is -2.43. The Bertz CT molecular complexity index is 2710. The maximum Gasteiger partial charge on any atom is 0.339 e. The van der Waals surface area contributed by atoms with Crippen LogP contribution in [0, 0.1) is 0 Å². The average molecular weight is 873 g/mol. The third-order valence-corrected chi connectivity index (χ3v) is 10.4. The molecule has 21 heteroatoms. The summed E-state index contributed by atoms with van der Waals surface area (Å²) in [6.07, 6.45) is -11.3. The molecule has 0 aliphatic carbocycles. The highest BCUT2D eigenvalue weighted by Gasteiger charge is 2.52. The molecular weight excluding hydrogens is 840 g/mol. The topological polar surface area (TPSA) is 346 Å². The van der Waals surface area contributed by atoms with Gasteiger partial charge in [0, 0.05) is 23.3 Å². The Morgan fingerprint density at radius 3 is 1.84 bits per heavy atom. The van der Waals surface area contributed by atoms with E-state index in [-0.39, 0.29) is 23.5 Å². The molecule has 0 aromatic heterocycles. The summed E-state index contributed by atoms with van der Waals surface area (Å²) in [6.45, 7) is -1.02. The van der Waals surface area contributed by atoms with E-state index in [0.29, 0.717) is 29.8 Å². The molecule has 0 radical (unpaired) electrons. The van der Waals surface area contributed by atoms with Crippen molar-refractivity contribution in [3.63, 3.8) is 0 Å². The SMILES string of the molecule is O=C(O[C@@H]1C(O)[C@H](Oc2cc(O)c3c(c2)OC(c2ccccc2)CC3=O)O[C@@H]2COC(=O)c3cc(O)c(O)c(O)c3-c3c(cc(O)c(O)c3O)C(=O)OC12)c1cc(O)c(O)c(O)c1. The van der Waals surface area contributed by atoms with Gasteiger partial charge in [-0.2, -0.15) is 0 Å². The fourth-order valence-corrected chi connectivity index (χ4v) is 7.33. The van der Waals surface area contributed by atoms with Crippen molar-refractivity contribution in [3.8, 4) is 80.1 Å². The maximum absolute atomic E-state index is 14.2. The molecule has 21 nitrogen and oxygen atoms in total. The predicted octanol–water partition coefficient (Wildman–Crippen LogP) is 3.20. The highest BCUT2D eigenvalue weighted by Crippen LogP contribution is 2.53. The second-order valence-corrected chi connectivity index (χ2v) is 14.3. The molecule has 1 saturated heterocycles. The largest absolute Gasteiger partial charge is 0.507 e. The van der Waals surface area contributed by atoms with Gasteiger partial charge in [0.2, 0.25) is 17.8 Å². The summed E-state index contributed by atoms with van der Waals surface area (Å²) >= 11 is 0. The number of phenols is 10. The van der Waals surface area contributed by atoms with Crippen LogP contribution < -0.4 is 9.47 Å². The Balaban J connectivity index is 1.22. The van der Waals surface area contributed by atoms with E-state index < -0.39 is 152 Å². The van der Waals surface area contributed by atoms with Gasteiger partial charge in [0.1, 0.15) is 41.6 Å². The van der Waals surface area contributed by atoms with Crippen molar-refractivity contribution in [2.75, 3.05) is 6.61 Å². The number of Topliss-reactive ketones (excluding diaryl/α,β-unsaturated/α-hetero) is 1. The summed E-state index contributed by atoms with van der Waals surface area (Å²) < 4.78 is 34.6. The molecule has 0 amide bonds. The summed E-state index contributed by atoms with van der Waals surface area (Å²) in [6, 6.07) is 13.2. The third-order valence-electron chi connectivity index (χ3n) is 10.4. The van der Waals surface area contributed by atoms with Gasteiger partial charge in [0.05, 0.1) is 23.1 Å². The zero-order valence-corrected chi connectivity index (χ0v) is 31.7. The second-order valence-electron chi connectivity index (χ2n) is 14.3. The molecule has 0 saturated carbocycles. The highest BCUT2D eigenvalue weighted by atomic mass is 16.7. The number of aliphatic hydroxyl groups excluding tert-OH is 1. The number of aliphatic hydroxyl groups is 1. The Kier molecular flexibility index (Phi) is 10.3. The van der Waals surface area contributed by atoms with Gasteiger partial charge in [-0.1, -0.05) is 30.3 Å². The normalized spacial score (nSPS) is 21.8. The van der Waals surface area contributed by atoms with Crippen molar-refractivity contribution in [2.45, 2.75) is 43.2 Å². The van der Waals surface area contributed by atoms with E-state index in [1.807, 2.05) is 0 Å². The van der Waals surface area contributed by atoms with E-state index in [1.54, 1.807) is 30.3 Å². The van der Waals surface area contributed by atoms with E-state index in [4.69, 9.17) is 28.4 Å². The van der Waals surface area contributed by atoms with Crippen molar-refractivity contribution in [3.05, 3.63) is 94.5 Å². The van der Waals surface area contributed by atoms with Crippen molar-refractivity contribution in [1.29, 1.82) is 0 Å². The van der Waals surface area contributed by atoms with Crippen LogP contribution in [0.5, 0.6) is 69.0 Å². The maximum atomic E-state index is 14.2. The molecule has 63 heavy (non-hydrogen) atoms. The molecule has 3 heterocycles. The molecule has 8 rings (SSSR count). The van der Waals surface area contributed by atoms with Crippen LogP contribution in [0.3, 0.4) is 0 Å². The molecule has 6 atom stereocenters. The van der Waals surface area contributed by atoms with Crippen LogP contribution in [0.2, 0.25) is 0 Å². The standard InChI is InChI=1S/C42H32O21/c43-19-8-16(9-26-30(19)20(44)12-25(60-26)14-4-2-1-3-5-14)59-42-36(54)38(63-39(55)15-6-21(45)31(49)22(46)7-15)37-27(61-42)13-58-40(56)17-10-23(47)32(50)34(52)28(17)29-18(41(57)62-37)11-24(48)33(51)35(29)53/h1-11,25,27,36-38,42-43,45-54H,12-13H2/t25?,27-,36?,37?,38-,42-/m1/s1. The molecule has 0 spiro atoms. The van der Waals surface area contributed by atoms with Crippen molar-refractivity contribution in [1.82, 2.24) is 0 Å². The van der Waals surface area contributed by atoms with Gasteiger partial charge in [-0.05, 0) is 29.8 Å². The number of esters is 3. The number of carbonyl (C=O) groups is 4. The Morgan fingerprint density at radius 2 is 1.22 bits per heavy atom. The van der Waals surface area contributed by atoms with Crippen LogP contribution in [-0.2, 0) is 18.9 Å². The van der Waals surface area contributed by atoms with E-state index in [1.165, 1.54) is 6.07 Å². The second kappa shape index (κ2) is 15.6. The molecule has 3 aliphatic rings. The molecule has 1 fully saturated rings. The van der Waals surface area contributed by atoms with Gasteiger partial charge in [0.15, 0.2) is 64.3 Å². The molecule has 11 N–H and O–H groups in total. The van der Waals surface area contributed by atoms with Crippen LogP contribution in [0.4, 0.5) is 0 Å². The van der Waals surface area contributed by atoms with E-state index in [2.05, 4.69) is 0 Å². The minimum Gasteiger partial charge on any atom is -0.507 e. The van der Waals surface area contributed by atoms with Gasteiger partial charge < -0.3 is 84.6 Å². The minimum absolute atomic E-state index is 0.130. The first-order chi connectivity index (χ1) is 29.9. The number of hydrogen-bond donors (Lipinski definition) is 11. The van der Waals surface area contributed by atoms with Gasteiger partial charge >= 0.3 is 17.9 Å². The van der Waals surface area contributed by atoms with Crippen LogP contribution in [0.25, 0.3) is 11.1 Å². The average Bonchev–Trinajstić information content (AvgIpc) is 3.26. The van der Waals surface area contributed by atoms with Crippen LogP contribution >= 0.6 is 0 Å². The number of rotatable bonds is 5. The summed E-state index contributed by atoms with van der Waals surface area (Å²) in [5.41, 5.74) is -3.87. The molecule has 3 aliphatic heterocycles. The fourth-order valence-electron chi connectivity index (χ4n) is 7.33. The lowest BCUT2D eigenvalue weighted by Crippen LogP contribution is -2.62. The smallest absolute Gasteiger partial charge is 0.339 e. The number of hydrogen-bond acceptors (Lipinski definition) is 21. The number of aromatic hydroxyl groups is 10. The molecule has 5 aromatic carbocycles. The molecule has 3 unspecified atom stereocenters. The number of ether oxygens (including phenoxy) is 6.